The summed E-state index contributed by atoms with van der Waals surface area (Å²) in [7, 11) is 0. The Morgan fingerprint density at radius 1 is 1.24 bits per heavy atom. The third-order valence-corrected chi connectivity index (χ3v) is 2.88. The molecule has 0 fully saturated rings. The third-order valence-electron chi connectivity index (χ3n) is 2.58. The maximum atomic E-state index is 12.6. The molecule has 0 saturated carbocycles. The second-order valence-electron chi connectivity index (χ2n) is 3.98. The van der Waals surface area contributed by atoms with Crippen LogP contribution in [0.1, 0.15) is 23.2 Å². The maximum absolute atomic E-state index is 12.6. The van der Waals surface area contributed by atoms with Crippen LogP contribution in [-0.4, -0.2) is 9.78 Å². The Morgan fingerprint density at radius 2 is 1.94 bits per heavy atom. The first-order chi connectivity index (χ1) is 7.99. The summed E-state index contributed by atoms with van der Waals surface area (Å²) in [6.45, 7) is 3.86. The lowest BCUT2D eigenvalue weighted by atomic mass is 10.1. The fraction of sp³-hybridized carbons (Fsp3) is 0.250. The van der Waals surface area contributed by atoms with E-state index in [1.807, 2.05) is 32.0 Å². The van der Waals surface area contributed by atoms with Gasteiger partial charge in [-0.1, -0.05) is 24.4 Å². The number of nitrogens with one attached hydrogen (secondary N) is 1. The molecule has 0 saturated heterocycles. The summed E-state index contributed by atoms with van der Waals surface area (Å²) in [6.07, 6.45) is -2.54. The zero-order valence-corrected chi connectivity index (χ0v) is 10.3. The molecule has 0 atom stereocenters. The van der Waals surface area contributed by atoms with Crippen LogP contribution in [-0.2, 0) is 0 Å². The summed E-state index contributed by atoms with van der Waals surface area (Å²) in [4.78, 5) is 0. The molecule has 1 N–H and O–H groups in total. The van der Waals surface area contributed by atoms with Crippen molar-refractivity contribution >= 4 is 12.2 Å². The summed E-state index contributed by atoms with van der Waals surface area (Å²) in [5.41, 5.74) is 2.69. The van der Waals surface area contributed by atoms with Crippen molar-refractivity contribution in [1.82, 2.24) is 9.78 Å². The Morgan fingerprint density at radius 3 is 2.53 bits per heavy atom. The highest BCUT2D eigenvalue weighted by Gasteiger charge is 2.12. The quantitative estimate of drug-likeness (QED) is 0.800. The minimum Gasteiger partial charge on any atom is -0.291 e. The highest BCUT2D eigenvalue weighted by atomic mass is 32.1. The fourth-order valence-corrected chi connectivity index (χ4v) is 1.94. The van der Waals surface area contributed by atoms with Gasteiger partial charge >= 0.3 is 0 Å². The number of alkyl halides is 2. The van der Waals surface area contributed by atoms with Gasteiger partial charge in [0.25, 0.3) is 6.43 Å². The SMILES string of the molecule is Cc1ccc(C)c(-n2[nH]c(C(F)F)cc2=S)c1. The van der Waals surface area contributed by atoms with E-state index in [2.05, 4.69) is 5.10 Å². The zero-order valence-electron chi connectivity index (χ0n) is 9.50. The number of H-pyrrole nitrogens is 1. The monoisotopic (exact) mass is 254 g/mol. The highest BCUT2D eigenvalue weighted by Crippen LogP contribution is 2.21. The van der Waals surface area contributed by atoms with E-state index in [0.717, 1.165) is 16.8 Å². The van der Waals surface area contributed by atoms with Gasteiger partial charge in [0.1, 0.15) is 10.3 Å². The molecule has 5 heteroatoms. The van der Waals surface area contributed by atoms with Crippen LogP contribution in [0, 0.1) is 18.5 Å². The van der Waals surface area contributed by atoms with Crippen LogP contribution >= 0.6 is 12.2 Å². The minimum atomic E-state index is -2.54. The van der Waals surface area contributed by atoms with Crippen molar-refractivity contribution < 1.29 is 8.78 Å². The molecule has 2 rings (SSSR count). The van der Waals surface area contributed by atoms with Gasteiger partial charge in [-0.3, -0.25) is 5.10 Å². The van der Waals surface area contributed by atoms with Crippen molar-refractivity contribution in [1.29, 1.82) is 0 Å². The van der Waals surface area contributed by atoms with E-state index < -0.39 is 6.43 Å². The van der Waals surface area contributed by atoms with E-state index in [4.69, 9.17) is 12.2 Å². The lowest BCUT2D eigenvalue weighted by Gasteiger charge is -2.08. The molecule has 17 heavy (non-hydrogen) atoms. The predicted octanol–water partition coefficient (Wildman–Crippen LogP) is 4.09. The Labute approximate surface area is 103 Å². The average molecular weight is 254 g/mol. The van der Waals surface area contributed by atoms with Gasteiger partial charge in [-0.05, 0) is 31.0 Å². The van der Waals surface area contributed by atoms with Crippen molar-refractivity contribution in [3.8, 4) is 5.69 Å². The van der Waals surface area contributed by atoms with Crippen LogP contribution in [0.2, 0.25) is 0 Å². The zero-order chi connectivity index (χ0) is 12.6. The Bertz CT molecular complexity index is 599. The Kier molecular flexibility index (Phi) is 3.11. The standard InChI is InChI=1S/C12H12F2N2S/c1-7-3-4-8(2)10(5-7)16-11(17)6-9(15-16)12(13)14/h3-6,12,15H,1-2H3. The van der Waals surface area contributed by atoms with Crippen molar-refractivity contribution in [3.63, 3.8) is 0 Å². The predicted molar refractivity (Wildman–Crippen MR) is 65.4 cm³/mol. The molecule has 90 valence electrons. The highest BCUT2D eigenvalue weighted by molar-refractivity contribution is 7.71. The molecule has 1 heterocycles. The number of aromatic nitrogens is 2. The molecule has 2 aromatic rings. The number of benzene rings is 1. The molecular weight excluding hydrogens is 242 g/mol. The van der Waals surface area contributed by atoms with E-state index in [1.54, 1.807) is 0 Å². The summed E-state index contributed by atoms with van der Waals surface area (Å²) in [5, 5.41) is 2.63. The number of nitrogens with zero attached hydrogens (tertiary/aromatic N) is 1. The lowest BCUT2D eigenvalue weighted by Crippen LogP contribution is -2.00. The van der Waals surface area contributed by atoms with E-state index in [1.165, 1.54) is 10.7 Å². The molecule has 2 nitrogen and oxygen atoms in total. The Hall–Kier alpha value is -1.49. The number of aryl methyl sites for hydroxylation is 2. The number of rotatable bonds is 2. The molecule has 1 aromatic heterocycles. The third kappa shape index (κ3) is 2.29. The van der Waals surface area contributed by atoms with Crippen LogP contribution in [0.15, 0.2) is 24.3 Å². The van der Waals surface area contributed by atoms with Gasteiger partial charge in [0.05, 0.1) is 5.69 Å². The fourth-order valence-electron chi connectivity index (χ4n) is 1.67. The second kappa shape index (κ2) is 4.41. The van der Waals surface area contributed by atoms with Gasteiger partial charge in [-0.25, -0.2) is 13.5 Å². The number of hydrogen-bond acceptors (Lipinski definition) is 1. The van der Waals surface area contributed by atoms with Gasteiger partial charge in [-0.15, -0.1) is 0 Å². The molecular formula is C12H12F2N2S. The second-order valence-corrected chi connectivity index (χ2v) is 4.39. The molecule has 0 aliphatic rings. The first-order valence-corrected chi connectivity index (χ1v) is 5.57. The van der Waals surface area contributed by atoms with Crippen molar-refractivity contribution in [2.24, 2.45) is 0 Å². The topological polar surface area (TPSA) is 20.7 Å². The van der Waals surface area contributed by atoms with Gasteiger partial charge < -0.3 is 0 Å². The van der Waals surface area contributed by atoms with E-state index in [9.17, 15) is 8.78 Å². The number of halogens is 2. The largest absolute Gasteiger partial charge is 0.291 e. The van der Waals surface area contributed by atoms with E-state index >= 15 is 0 Å². The molecule has 0 unspecified atom stereocenters. The molecule has 0 bridgehead atoms. The summed E-state index contributed by atoms with van der Waals surface area (Å²) in [5.74, 6) is 0. The first kappa shape index (κ1) is 12.0. The Balaban J connectivity index is 2.60. The summed E-state index contributed by atoms with van der Waals surface area (Å²) < 4.78 is 27.0. The minimum absolute atomic E-state index is 0.157. The van der Waals surface area contributed by atoms with Gasteiger partial charge in [0.15, 0.2) is 0 Å². The van der Waals surface area contributed by atoms with Crippen molar-refractivity contribution in [2.75, 3.05) is 0 Å². The van der Waals surface area contributed by atoms with Gasteiger partial charge in [0.2, 0.25) is 0 Å². The lowest BCUT2D eigenvalue weighted by molar-refractivity contribution is 0.145. The molecule has 0 spiro atoms. The van der Waals surface area contributed by atoms with Crippen LogP contribution in [0.3, 0.4) is 0 Å². The molecule has 0 amide bonds. The van der Waals surface area contributed by atoms with Crippen LogP contribution in [0.25, 0.3) is 5.69 Å². The van der Waals surface area contributed by atoms with E-state index in [-0.39, 0.29) is 5.69 Å². The smallest absolute Gasteiger partial charge is 0.279 e. The normalized spacial score (nSPS) is 11.1. The van der Waals surface area contributed by atoms with Crippen molar-refractivity contribution in [3.05, 3.63) is 45.7 Å². The number of hydrogen-bond donors (Lipinski definition) is 1. The molecule has 1 aromatic carbocycles. The first-order valence-electron chi connectivity index (χ1n) is 5.17. The van der Waals surface area contributed by atoms with Crippen molar-refractivity contribution in [2.45, 2.75) is 20.3 Å². The number of aromatic amines is 1. The summed E-state index contributed by atoms with van der Waals surface area (Å²) in [6, 6.07) is 7.12. The van der Waals surface area contributed by atoms with Crippen LogP contribution < -0.4 is 0 Å². The van der Waals surface area contributed by atoms with Gasteiger partial charge in [0, 0.05) is 6.07 Å². The molecule has 0 aliphatic carbocycles. The molecule has 0 radical (unpaired) electrons. The average Bonchev–Trinajstić information content (AvgIpc) is 2.64. The van der Waals surface area contributed by atoms with E-state index in [0.29, 0.717) is 4.64 Å². The van der Waals surface area contributed by atoms with Crippen LogP contribution in [0.5, 0.6) is 0 Å². The maximum Gasteiger partial charge on any atom is 0.279 e. The van der Waals surface area contributed by atoms with Crippen LogP contribution in [0.4, 0.5) is 8.78 Å². The summed E-state index contributed by atoms with van der Waals surface area (Å²) >= 11 is 5.08. The van der Waals surface area contributed by atoms with Gasteiger partial charge in [-0.2, -0.15) is 0 Å². The molecule has 0 aliphatic heterocycles.